The van der Waals surface area contributed by atoms with Crippen LogP contribution < -0.4 is 9.47 Å². The first-order valence-corrected chi connectivity index (χ1v) is 19.4. The second kappa shape index (κ2) is 20.3. The number of hydrogen-bond acceptors (Lipinski definition) is 4. The summed E-state index contributed by atoms with van der Waals surface area (Å²) in [5.41, 5.74) is 5.49. The van der Waals surface area contributed by atoms with Crippen molar-refractivity contribution in [2.45, 2.75) is 119 Å². The number of hydrogen-bond donors (Lipinski definition) is 0. The van der Waals surface area contributed by atoms with Gasteiger partial charge in [0, 0.05) is 23.3 Å². The van der Waals surface area contributed by atoms with E-state index in [1.165, 1.54) is 57.8 Å². The molecule has 0 amide bonds. The summed E-state index contributed by atoms with van der Waals surface area (Å²) >= 11 is 0. The highest BCUT2D eigenvalue weighted by Crippen LogP contribution is 2.36. The summed E-state index contributed by atoms with van der Waals surface area (Å²) in [5, 5.41) is 0. The van der Waals surface area contributed by atoms with Gasteiger partial charge in [0.05, 0.1) is 35.6 Å². The van der Waals surface area contributed by atoms with Crippen LogP contribution in [0, 0.1) is 29.6 Å². The summed E-state index contributed by atoms with van der Waals surface area (Å²) in [4.78, 5) is 10.4. The van der Waals surface area contributed by atoms with E-state index in [2.05, 4.69) is 103 Å². The monoisotopic (exact) mass is 664 g/mol. The Kier molecular flexibility index (Phi) is 15.9. The van der Waals surface area contributed by atoms with Gasteiger partial charge in [-0.15, -0.1) is 0 Å². The lowest BCUT2D eigenvalue weighted by molar-refractivity contribution is 0.237. The molecule has 4 heteroatoms. The fraction of sp³-hybridized carbons (Fsp3) is 0.556. The third kappa shape index (κ3) is 13.1. The van der Waals surface area contributed by atoms with Crippen LogP contribution in [-0.2, 0) is 0 Å². The van der Waals surface area contributed by atoms with Gasteiger partial charge in [0.1, 0.15) is 0 Å². The molecule has 1 aromatic heterocycles. The van der Waals surface area contributed by atoms with Crippen LogP contribution in [0.5, 0.6) is 11.5 Å². The Morgan fingerprint density at radius 2 is 0.796 bits per heavy atom. The van der Waals surface area contributed by atoms with Crippen LogP contribution in [-0.4, -0.2) is 23.2 Å². The fourth-order valence-electron chi connectivity index (χ4n) is 6.62. The number of ether oxygens (including phenoxy) is 2. The minimum atomic E-state index is 0.622. The summed E-state index contributed by atoms with van der Waals surface area (Å²) < 4.78 is 13.0. The normalized spacial score (nSPS) is 13.6. The quantitative estimate of drug-likeness (QED) is 0.0838. The zero-order valence-corrected chi connectivity index (χ0v) is 31.7. The van der Waals surface area contributed by atoms with Crippen LogP contribution in [0.4, 0.5) is 0 Å². The first kappa shape index (κ1) is 38.4. The molecule has 0 bridgehead atoms. The van der Waals surface area contributed by atoms with Crippen molar-refractivity contribution in [1.82, 2.24) is 9.97 Å². The second-order valence-electron chi connectivity index (χ2n) is 15.6. The van der Waals surface area contributed by atoms with E-state index in [1.807, 2.05) is 18.2 Å². The number of benzene rings is 3. The van der Waals surface area contributed by atoms with Crippen LogP contribution in [0.2, 0.25) is 0 Å². The molecule has 0 radical (unpaired) electrons. The Balaban J connectivity index is 1.49. The molecule has 4 aromatic rings. The molecule has 0 aliphatic carbocycles. The first-order valence-electron chi connectivity index (χ1n) is 19.4. The SMILES string of the molecule is CC(C)CCCC(C)CCCC(C)CCOc1cc2nc(-c3ccccc3)c(-c3ccccc3)nc2cc1OCC[C@@H](C)CCCC(C)C. The summed E-state index contributed by atoms with van der Waals surface area (Å²) in [6, 6.07) is 24.8. The maximum absolute atomic E-state index is 6.54. The van der Waals surface area contributed by atoms with Gasteiger partial charge in [-0.1, -0.05) is 167 Å². The maximum atomic E-state index is 6.54. The third-order valence-electron chi connectivity index (χ3n) is 9.91. The predicted molar refractivity (Wildman–Crippen MR) is 209 cm³/mol. The van der Waals surface area contributed by atoms with Gasteiger partial charge in [-0.3, -0.25) is 0 Å². The van der Waals surface area contributed by atoms with Gasteiger partial charge in [0.15, 0.2) is 11.5 Å². The van der Waals surface area contributed by atoms with E-state index in [4.69, 9.17) is 19.4 Å². The Morgan fingerprint density at radius 3 is 1.16 bits per heavy atom. The van der Waals surface area contributed by atoms with Crippen molar-refractivity contribution < 1.29 is 9.47 Å². The highest BCUT2D eigenvalue weighted by Gasteiger charge is 2.17. The largest absolute Gasteiger partial charge is 0.490 e. The molecule has 0 saturated heterocycles. The van der Waals surface area contributed by atoms with Gasteiger partial charge in [0.2, 0.25) is 0 Å². The van der Waals surface area contributed by atoms with Gasteiger partial charge < -0.3 is 9.47 Å². The summed E-state index contributed by atoms with van der Waals surface area (Å²) in [6.45, 7) is 17.7. The standard InChI is InChI=1S/C45H64N2O2/c1-33(2)17-14-19-35(5)21-16-22-37(7)28-30-49-43-32-41-40(31-42(43)48-29-27-36(6)20-15-18-34(3)4)46-44(38-23-10-8-11-24-38)45(47-41)39-25-12-9-13-26-39/h8-13,23-26,31-37H,14-22,27-30H2,1-7H3/t35?,36-,37?/m0/s1. The number of aromatic nitrogens is 2. The number of fused-ring (bicyclic) bond motifs is 1. The topological polar surface area (TPSA) is 44.2 Å². The van der Waals surface area contributed by atoms with Crippen LogP contribution in [0.15, 0.2) is 72.8 Å². The van der Waals surface area contributed by atoms with Crippen molar-refractivity contribution in [1.29, 1.82) is 0 Å². The average molecular weight is 665 g/mol. The van der Waals surface area contributed by atoms with Crippen molar-refractivity contribution in [3.8, 4) is 34.0 Å². The molecule has 0 aliphatic rings. The Labute approximate surface area is 298 Å². The van der Waals surface area contributed by atoms with Gasteiger partial charge in [-0.25, -0.2) is 9.97 Å². The van der Waals surface area contributed by atoms with E-state index in [9.17, 15) is 0 Å². The molecule has 49 heavy (non-hydrogen) atoms. The van der Waals surface area contributed by atoms with Crippen LogP contribution in [0.3, 0.4) is 0 Å². The minimum absolute atomic E-state index is 0.622. The fourth-order valence-corrected chi connectivity index (χ4v) is 6.62. The molecule has 0 fully saturated rings. The van der Waals surface area contributed by atoms with Gasteiger partial charge in [-0.2, -0.15) is 0 Å². The maximum Gasteiger partial charge on any atom is 0.163 e. The molecular weight excluding hydrogens is 601 g/mol. The molecule has 0 N–H and O–H groups in total. The van der Waals surface area contributed by atoms with Crippen molar-refractivity contribution in [3.63, 3.8) is 0 Å². The predicted octanol–water partition coefficient (Wildman–Crippen LogP) is 13.2. The third-order valence-corrected chi connectivity index (χ3v) is 9.91. The molecule has 266 valence electrons. The molecule has 4 nitrogen and oxygen atoms in total. The first-order chi connectivity index (χ1) is 23.7. The van der Waals surface area contributed by atoms with E-state index in [1.54, 1.807) is 0 Å². The van der Waals surface area contributed by atoms with Crippen LogP contribution >= 0.6 is 0 Å². The van der Waals surface area contributed by atoms with Gasteiger partial charge >= 0.3 is 0 Å². The van der Waals surface area contributed by atoms with E-state index in [-0.39, 0.29) is 0 Å². The Bertz CT molecular complexity index is 1500. The molecule has 4 rings (SSSR count). The van der Waals surface area contributed by atoms with E-state index in [0.717, 1.165) is 75.6 Å². The Hall–Kier alpha value is -3.40. The van der Waals surface area contributed by atoms with Gasteiger partial charge in [-0.05, 0) is 42.4 Å². The summed E-state index contributed by atoms with van der Waals surface area (Å²) in [5.74, 6) is 5.18. The lowest BCUT2D eigenvalue weighted by Gasteiger charge is -2.18. The summed E-state index contributed by atoms with van der Waals surface area (Å²) in [7, 11) is 0. The molecule has 0 aliphatic heterocycles. The molecule has 0 saturated carbocycles. The molecule has 2 unspecified atom stereocenters. The van der Waals surface area contributed by atoms with Crippen molar-refractivity contribution >= 4 is 11.0 Å². The second-order valence-corrected chi connectivity index (χ2v) is 15.6. The molecule has 3 atom stereocenters. The highest BCUT2D eigenvalue weighted by molar-refractivity contribution is 5.88. The minimum Gasteiger partial charge on any atom is -0.490 e. The molecule has 1 heterocycles. The molecular formula is C45H64N2O2. The smallest absolute Gasteiger partial charge is 0.163 e. The number of nitrogens with zero attached hydrogens (tertiary/aromatic N) is 2. The van der Waals surface area contributed by atoms with E-state index >= 15 is 0 Å². The van der Waals surface area contributed by atoms with Crippen LogP contribution in [0.25, 0.3) is 33.5 Å². The highest BCUT2D eigenvalue weighted by atomic mass is 16.5. The van der Waals surface area contributed by atoms with E-state index in [0.29, 0.717) is 25.0 Å². The molecule has 3 aromatic carbocycles. The van der Waals surface area contributed by atoms with Gasteiger partial charge in [0.25, 0.3) is 0 Å². The van der Waals surface area contributed by atoms with Crippen LogP contribution in [0.1, 0.15) is 119 Å². The van der Waals surface area contributed by atoms with E-state index < -0.39 is 0 Å². The zero-order valence-electron chi connectivity index (χ0n) is 31.7. The summed E-state index contributed by atoms with van der Waals surface area (Å²) in [6.07, 6.45) is 13.8. The van der Waals surface area contributed by atoms with Crippen molar-refractivity contribution in [2.75, 3.05) is 13.2 Å². The Morgan fingerprint density at radius 1 is 0.449 bits per heavy atom. The van der Waals surface area contributed by atoms with Crippen molar-refractivity contribution in [2.24, 2.45) is 29.6 Å². The molecule has 0 spiro atoms. The average Bonchev–Trinajstić information content (AvgIpc) is 3.08. The lowest BCUT2D eigenvalue weighted by atomic mass is 9.93. The van der Waals surface area contributed by atoms with Crippen molar-refractivity contribution in [3.05, 3.63) is 72.8 Å². The zero-order chi connectivity index (χ0) is 35.0. The lowest BCUT2D eigenvalue weighted by Crippen LogP contribution is -2.09. The number of rotatable bonds is 22.